The lowest BCUT2D eigenvalue weighted by atomic mass is 9.94. The maximum absolute atomic E-state index is 6.31. The third-order valence-electron chi connectivity index (χ3n) is 3.18. The molecule has 2 aromatic carbocycles. The number of rotatable bonds is 3. The second kappa shape index (κ2) is 6.06. The molecule has 0 saturated carbocycles. The molecule has 0 fully saturated rings. The first kappa shape index (κ1) is 14.5. The van der Waals surface area contributed by atoms with Gasteiger partial charge in [-0.2, -0.15) is 0 Å². The molecule has 0 saturated heterocycles. The van der Waals surface area contributed by atoms with E-state index in [-0.39, 0.29) is 6.04 Å². The highest BCUT2D eigenvalue weighted by Gasteiger charge is 2.17. The zero-order valence-electron chi connectivity index (χ0n) is 10.9. The van der Waals surface area contributed by atoms with Gasteiger partial charge in [0.25, 0.3) is 0 Å². The van der Waals surface area contributed by atoms with Crippen LogP contribution >= 0.6 is 27.5 Å². The summed E-state index contributed by atoms with van der Waals surface area (Å²) in [5.74, 6) is 5.73. The first-order valence-corrected chi connectivity index (χ1v) is 7.18. The normalized spacial score (nSPS) is 12.5. The summed E-state index contributed by atoms with van der Waals surface area (Å²) >= 11 is 9.72. The summed E-state index contributed by atoms with van der Waals surface area (Å²) in [6, 6.07) is 12.0. The number of nitrogens with one attached hydrogen (secondary N) is 1. The minimum atomic E-state index is -0.110. The van der Waals surface area contributed by atoms with E-state index in [2.05, 4.69) is 53.4 Å². The second-order valence-electron chi connectivity index (χ2n) is 4.63. The van der Waals surface area contributed by atoms with Gasteiger partial charge in [-0.3, -0.25) is 5.84 Å². The van der Waals surface area contributed by atoms with Crippen molar-refractivity contribution in [2.75, 3.05) is 0 Å². The lowest BCUT2D eigenvalue weighted by Gasteiger charge is -2.20. The van der Waals surface area contributed by atoms with Crippen LogP contribution in [0.1, 0.15) is 28.3 Å². The van der Waals surface area contributed by atoms with E-state index in [0.29, 0.717) is 5.02 Å². The topological polar surface area (TPSA) is 38.0 Å². The van der Waals surface area contributed by atoms with Gasteiger partial charge in [0, 0.05) is 9.50 Å². The van der Waals surface area contributed by atoms with Gasteiger partial charge in [-0.15, -0.1) is 0 Å². The summed E-state index contributed by atoms with van der Waals surface area (Å²) in [7, 11) is 0. The van der Waals surface area contributed by atoms with Crippen LogP contribution in [0.2, 0.25) is 5.02 Å². The predicted molar refractivity (Wildman–Crippen MR) is 84.2 cm³/mol. The van der Waals surface area contributed by atoms with Crippen molar-refractivity contribution in [1.29, 1.82) is 0 Å². The largest absolute Gasteiger partial charge is 0.271 e. The third kappa shape index (κ3) is 3.18. The number of nitrogens with two attached hydrogens (primary N) is 1. The molecule has 4 heteroatoms. The Bertz CT molecular complexity index is 547. The zero-order chi connectivity index (χ0) is 14.0. The maximum atomic E-state index is 6.31. The van der Waals surface area contributed by atoms with Crippen LogP contribution < -0.4 is 11.3 Å². The molecule has 19 heavy (non-hydrogen) atoms. The molecule has 2 nitrogen and oxygen atoms in total. The van der Waals surface area contributed by atoms with Gasteiger partial charge in [0.1, 0.15) is 0 Å². The van der Waals surface area contributed by atoms with Gasteiger partial charge in [0.15, 0.2) is 0 Å². The van der Waals surface area contributed by atoms with Crippen LogP contribution in [-0.2, 0) is 0 Å². The molecular weight excluding hydrogens is 324 g/mol. The Balaban J connectivity index is 2.50. The van der Waals surface area contributed by atoms with Gasteiger partial charge in [-0.25, -0.2) is 5.43 Å². The summed E-state index contributed by atoms with van der Waals surface area (Å²) in [5.41, 5.74) is 7.39. The number of hydrogen-bond donors (Lipinski definition) is 2. The van der Waals surface area contributed by atoms with Crippen molar-refractivity contribution in [3.8, 4) is 0 Å². The van der Waals surface area contributed by atoms with E-state index in [9.17, 15) is 0 Å². The monoisotopic (exact) mass is 338 g/mol. The Morgan fingerprint density at radius 3 is 2.37 bits per heavy atom. The Morgan fingerprint density at radius 1 is 1.11 bits per heavy atom. The molecule has 0 aliphatic carbocycles. The summed E-state index contributed by atoms with van der Waals surface area (Å²) in [6.45, 7) is 4.16. The average Bonchev–Trinajstić information content (AvgIpc) is 2.34. The fraction of sp³-hybridized carbons (Fsp3) is 0.200. The van der Waals surface area contributed by atoms with Gasteiger partial charge in [0.2, 0.25) is 0 Å². The van der Waals surface area contributed by atoms with Crippen molar-refractivity contribution in [2.24, 2.45) is 5.84 Å². The fourth-order valence-electron chi connectivity index (χ4n) is 2.23. The van der Waals surface area contributed by atoms with Crippen molar-refractivity contribution in [3.63, 3.8) is 0 Å². The lowest BCUT2D eigenvalue weighted by molar-refractivity contribution is 0.633. The minimum Gasteiger partial charge on any atom is -0.271 e. The number of benzene rings is 2. The van der Waals surface area contributed by atoms with E-state index in [1.165, 1.54) is 11.1 Å². The Kier molecular flexibility index (Phi) is 4.63. The van der Waals surface area contributed by atoms with E-state index in [0.717, 1.165) is 15.6 Å². The molecule has 1 atom stereocenters. The zero-order valence-corrected chi connectivity index (χ0v) is 13.2. The first-order valence-electron chi connectivity index (χ1n) is 6.01. The summed E-state index contributed by atoms with van der Waals surface area (Å²) < 4.78 is 0.956. The van der Waals surface area contributed by atoms with E-state index >= 15 is 0 Å². The maximum Gasteiger partial charge on any atom is 0.0727 e. The molecule has 3 N–H and O–H groups in total. The van der Waals surface area contributed by atoms with Crippen molar-refractivity contribution in [3.05, 3.63) is 68.1 Å². The first-order chi connectivity index (χ1) is 9.02. The predicted octanol–water partition coefficient (Wildman–Crippen LogP) is 4.27. The number of hydrogen-bond acceptors (Lipinski definition) is 2. The molecule has 100 valence electrons. The van der Waals surface area contributed by atoms with Crippen LogP contribution in [0, 0.1) is 13.8 Å². The molecule has 0 spiro atoms. The molecule has 0 amide bonds. The quantitative estimate of drug-likeness (QED) is 0.647. The molecular formula is C15H16BrClN2. The van der Waals surface area contributed by atoms with Gasteiger partial charge >= 0.3 is 0 Å². The summed E-state index contributed by atoms with van der Waals surface area (Å²) in [4.78, 5) is 0. The van der Waals surface area contributed by atoms with E-state index in [1.807, 2.05) is 18.2 Å². The fourth-order valence-corrected chi connectivity index (χ4v) is 3.01. The van der Waals surface area contributed by atoms with Crippen LogP contribution in [0.3, 0.4) is 0 Å². The lowest BCUT2D eigenvalue weighted by Crippen LogP contribution is -2.29. The van der Waals surface area contributed by atoms with E-state index in [1.54, 1.807) is 0 Å². The SMILES string of the molecule is Cc1ccc(C(NN)c2ccc(Br)cc2Cl)c(C)c1. The van der Waals surface area contributed by atoms with Crippen LogP contribution in [0.4, 0.5) is 0 Å². The smallest absolute Gasteiger partial charge is 0.0727 e. The highest BCUT2D eigenvalue weighted by Crippen LogP contribution is 2.31. The Hall–Kier alpha value is -0.870. The molecule has 1 unspecified atom stereocenters. The molecule has 0 aromatic heterocycles. The standard InChI is InChI=1S/C15H16BrClN2/c1-9-3-5-12(10(2)7-9)15(19-18)13-6-4-11(16)8-14(13)17/h3-8,15,19H,18H2,1-2H3. The number of hydrazine groups is 1. The van der Waals surface area contributed by atoms with Gasteiger partial charge in [-0.1, -0.05) is 57.4 Å². The van der Waals surface area contributed by atoms with Crippen LogP contribution in [0.25, 0.3) is 0 Å². The van der Waals surface area contributed by atoms with E-state index < -0.39 is 0 Å². The molecule has 0 aliphatic rings. The van der Waals surface area contributed by atoms with Crippen molar-refractivity contribution < 1.29 is 0 Å². The Labute approximate surface area is 127 Å². The molecule has 0 heterocycles. The van der Waals surface area contributed by atoms with Crippen molar-refractivity contribution in [2.45, 2.75) is 19.9 Å². The van der Waals surface area contributed by atoms with Crippen LogP contribution in [0.15, 0.2) is 40.9 Å². The average molecular weight is 340 g/mol. The molecule has 2 aromatic rings. The highest BCUT2D eigenvalue weighted by molar-refractivity contribution is 9.10. The molecule has 0 radical (unpaired) electrons. The van der Waals surface area contributed by atoms with Gasteiger partial charge < -0.3 is 0 Å². The van der Waals surface area contributed by atoms with Crippen molar-refractivity contribution >= 4 is 27.5 Å². The van der Waals surface area contributed by atoms with Crippen molar-refractivity contribution in [1.82, 2.24) is 5.43 Å². The molecule has 2 rings (SSSR count). The van der Waals surface area contributed by atoms with Gasteiger partial charge in [-0.05, 0) is 42.7 Å². The van der Waals surface area contributed by atoms with E-state index in [4.69, 9.17) is 17.4 Å². The number of halogens is 2. The second-order valence-corrected chi connectivity index (χ2v) is 5.95. The Morgan fingerprint density at radius 2 is 1.79 bits per heavy atom. The summed E-state index contributed by atoms with van der Waals surface area (Å²) in [6.07, 6.45) is 0. The molecule has 0 bridgehead atoms. The third-order valence-corrected chi connectivity index (χ3v) is 4.00. The number of aryl methyl sites for hydroxylation is 2. The summed E-state index contributed by atoms with van der Waals surface area (Å²) in [5, 5.41) is 0.692. The van der Waals surface area contributed by atoms with Crippen LogP contribution in [0.5, 0.6) is 0 Å². The van der Waals surface area contributed by atoms with Crippen LogP contribution in [-0.4, -0.2) is 0 Å². The van der Waals surface area contributed by atoms with Gasteiger partial charge in [0.05, 0.1) is 6.04 Å². The molecule has 0 aliphatic heterocycles. The minimum absolute atomic E-state index is 0.110. The highest BCUT2D eigenvalue weighted by atomic mass is 79.9.